The lowest BCUT2D eigenvalue weighted by atomic mass is 10.1. The molecule has 0 fully saturated rings. The summed E-state index contributed by atoms with van der Waals surface area (Å²) in [4.78, 5) is 10.6. The minimum Gasteiger partial charge on any atom is -0.481 e. The first-order valence-corrected chi connectivity index (χ1v) is 6.01. The Balaban J connectivity index is 1.81. The third-order valence-electron chi connectivity index (χ3n) is 2.64. The summed E-state index contributed by atoms with van der Waals surface area (Å²) in [5, 5.41) is 19.7. The van der Waals surface area contributed by atoms with Crippen LogP contribution in [0.1, 0.15) is 16.8 Å². The van der Waals surface area contributed by atoms with E-state index in [2.05, 4.69) is 15.5 Å². The van der Waals surface area contributed by atoms with Crippen molar-refractivity contribution in [3.05, 3.63) is 59.4 Å². The molecule has 5 heteroatoms. The molecule has 5 nitrogen and oxygen atoms in total. The molecule has 2 N–H and O–H groups in total. The van der Waals surface area contributed by atoms with Gasteiger partial charge < -0.3 is 10.4 Å². The number of carboxylic acids is 1. The second-order valence-corrected chi connectivity index (χ2v) is 4.21. The number of rotatable bonds is 6. The fourth-order valence-electron chi connectivity index (χ4n) is 1.71. The largest absolute Gasteiger partial charge is 0.481 e. The Bertz CT molecular complexity index is 526. The number of benzene rings is 1. The molecule has 1 aromatic carbocycles. The average molecular weight is 257 g/mol. The lowest BCUT2D eigenvalue weighted by molar-refractivity contribution is -0.136. The van der Waals surface area contributed by atoms with Crippen molar-refractivity contribution in [3.63, 3.8) is 0 Å². The number of aliphatic carboxylic acids is 1. The van der Waals surface area contributed by atoms with Gasteiger partial charge in [-0.2, -0.15) is 10.2 Å². The first-order valence-electron chi connectivity index (χ1n) is 6.01. The van der Waals surface area contributed by atoms with Gasteiger partial charge in [0.2, 0.25) is 0 Å². The van der Waals surface area contributed by atoms with Crippen LogP contribution >= 0.6 is 0 Å². The van der Waals surface area contributed by atoms with Gasteiger partial charge in [-0.25, -0.2) is 0 Å². The van der Waals surface area contributed by atoms with Crippen LogP contribution in [0.15, 0.2) is 42.6 Å². The van der Waals surface area contributed by atoms with E-state index < -0.39 is 5.97 Å². The predicted octanol–water partition coefficient (Wildman–Crippen LogP) is 1.39. The van der Waals surface area contributed by atoms with Gasteiger partial charge in [-0.05, 0) is 23.3 Å². The smallest absolute Gasteiger partial charge is 0.307 e. The molecular formula is C14H15N3O2. The molecule has 98 valence electrons. The van der Waals surface area contributed by atoms with Gasteiger partial charge in [-0.3, -0.25) is 4.79 Å². The number of hydrogen-bond acceptors (Lipinski definition) is 4. The van der Waals surface area contributed by atoms with Crippen molar-refractivity contribution < 1.29 is 9.90 Å². The van der Waals surface area contributed by atoms with Crippen LogP contribution < -0.4 is 5.32 Å². The van der Waals surface area contributed by atoms with E-state index in [1.807, 2.05) is 36.4 Å². The molecule has 0 aliphatic carbocycles. The minimum atomic E-state index is -0.812. The summed E-state index contributed by atoms with van der Waals surface area (Å²) in [5.74, 6) is -0.812. The molecule has 0 bridgehead atoms. The average Bonchev–Trinajstić information content (AvgIpc) is 2.41. The van der Waals surface area contributed by atoms with Crippen LogP contribution in [0, 0.1) is 0 Å². The molecule has 1 heterocycles. The molecule has 0 saturated carbocycles. The summed E-state index contributed by atoms with van der Waals surface area (Å²) in [7, 11) is 0. The second kappa shape index (κ2) is 6.61. The molecule has 0 aliphatic rings. The van der Waals surface area contributed by atoms with E-state index in [1.165, 1.54) is 0 Å². The van der Waals surface area contributed by atoms with E-state index in [4.69, 9.17) is 5.11 Å². The van der Waals surface area contributed by atoms with Crippen LogP contribution in [0.25, 0.3) is 0 Å². The first kappa shape index (κ1) is 13.2. The van der Waals surface area contributed by atoms with Gasteiger partial charge in [0.25, 0.3) is 0 Å². The number of nitrogens with one attached hydrogen (secondary N) is 1. The molecule has 19 heavy (non-hydrogen) atoms. The third-order valence-corrected chi connectivity index (χ3v) is 2.64. The summed E-state index contributed by atoms with van der Waals surface area (Å²) in [6.45, 7) is 1.37. The highest BCUT2D eigenvalue weighted by Gasteiger charge is 2.00. The topological polar surface area (TPSA) is 75.1 Å². The van der Waals surface area contributed by atoms with Crippen molar-refractivity contribution in [1.82, 2.24) is 15.5 Å². The molecule has 2 rings (SSSR count). The zero-order valence-electron chi connectivity index (χ0n) is 10.4. The van der Waals surface area contributed by atoms with Crippen LogP contribution in [-0.4, -0.2) is 21.3 Å². The summed E-state index contributed by atoms with van der Waals surface area (Å²) in [6, 6.07) is 11.3. The Morgan fingerprint density at radius 2 is 1.84 bits per heavy atom. The van der Waals surface area contributed by atoms with E-state index in [-0.39, 0.29) is 6.42 Å². The van der Waals surface area contributed by atoms with Crippen molar-refractivity contribution in [2.75, 3.05) is 0 Å². The van der Waals surface area contributed by atoms with E-state index in [0.29, 0.717) is 13.1 Å². The zero-order chi connectivity index (χ0) is 13.5. The molecule has 1 aromatic heterocycles. The monoisotopic (exact) mass is 257 g/mol. The zero-order valence-corrected chi connectivity index (χ0v) is 10.4. The Morgan fingerprint density at radius 1 is 1.11 bits per heavy atom. The van der Waals surface area contributed by atoms with E-state index in [1.54, 1.807) is 6.20 Å². The highest BCUT2D eigenvalue weighted by Crippen LogP contribution is 2.05. The molecule has 0 atom stereocenters. The maximum absolute atomic E-state index is 10.6. The summed E-state index contributed by atoms with van der Waals surface area (Å²) in [5.41, 5.74) is 2.81. The highest BCUT2D eigenvalue weighted by molar-refractivity contribution is 5.70. The Kier molecular flexibility index (Phi) is 4.58. The van der Waals surface area contributed by atoms with Gasteiger partial charge in [0.15, 0.2) is 0 Å². The van der Waals surface area contributed by atoms with Gasteiger partial charge in [0.05, 0.1) is 12.1 Å². The van der Waals surface area contributed by atoms with E-state index >= 15 is 0 Å². The van der Waals surface area contributed by atoms with Crippen LogP contribution in [-0.2, 0) is 24.3 Å². The maximum atomic E-state index is 10.6. The third kappa shape index (κ3) is 4.48. The van der Waals surface area contributed by atoms with Crippen molar-refractivity contribution in [1.29, 1.82) is 0 Å². The fraction of sp³-hybridized carbons (Fsp3) is 0.214. The summed E-state index contributed by atoms with van der Waals surface area (Å²) >= 11 is 0. The number of carbonyl (C=O) groups is 1. The molecule has 0 unspecified atom stereocenters. The fourth-order valence-corrected chi connectivity index (χ4v) is 1.71. The Hall–Kier alpha value is -2.27. The Labute approximate surface area is 111 Å². The highest BCUT2D eigenvalue weighted by atomic mass is 16.4. The molecule has 2 aromatic rings. The summed E-state index contributed by atoms with van der Waals surface area (Å²) in [6.07, 6.45) is 1.71. The van der Waals surface area contributed by atoms with Crippen molar-refractivity contribution in [2.45, 2.75) is 19.5 Å². The molecular weight excluding hydrogens is 242 g/mol. The maximum Gasteiger partial charge on any atom is 0.307 e. The van der Waals surface area contributed by atoms with Crippen LogP contribution in [0.2, 0.25) is 0 Å². The first-order chi connectivity index (χ1) is 9.24. The quantitative estimate of drug-likeness (QED) is 0.818. The number of carboxylic acid groups (broad SMARTS) is 1. The van der Waals surface area contributed by atoms with Gasteiger partial charge in [-0.15, -0.1) is 0 Å². The van der Waals surface area contributed by atoms with Gasteiger partial charge in [0, 0.05) is 19.3 Å². The molecule has 0 spiro atoms. The molecule has 0 saturated heterocycles. The molecule has 0 amide bonds. The van der Waals surface area contributed by atoms with Crippen molar-refractivity contribution >= 4 is 5.97 Å². The lowest BCUT2D eigenvalue weighted by Gasteiger charge is -2.05. The van der Waals surface area contributed by atoms with Crippen LogP contribution in [0.5, 0.6) is 0 Å². The second-order valence-electron chi connectivity index (χ2n) is 4.21. The van der Waals surface area contributed by atoms with Crippen LogP contribution in [0.3, 0.4) is 0 Å². The van der Waals surface area contributed by atoms with Crippen LogP contribution in [0.4, 0.5) is 0 Å². The Morgan fingerprint density at radius 3 is 2.47 bits per heavy atom. The van der Waals surface area contributed by atoms with Gasteiger partial charge in [-0.1, -0.05) is 24.3 Å². The molecule has 0 radical (unpaired) electrons. The summed E-state index contributed by atoms with van der Waals surface area (Å²) < 4.78 is 0. The SMILES string of the molecule is O=C(O)Cc1ccc(CNCc2cccnn2)cc1. The number of aromatic nitrogens is 2. The minimum absolute atomic E-state index is 0.0628. The van der Waals surface area contributed by atoms with E-state index in [9.17, 15) is 4.79 Å². The van der Waals surface area contributed by atoms with Crippen molar-refractivity contribution in [3.8, 4) is 0 Å². The lowest BCUT2D eigenvalue weighted by Crippen LogP contribution is -2.14. The van der Waals surface area contributed by atoms with Gasteiger partial charge in [0.1, 0.15) is 0 Å². The number of hydrogen-bond donors (Lipinski definition) is 2. The number of nitrogens with zero attached hydrogens (tertiary/aromatic N) is 2. The van der Waals surface area contributed by atoms with Crippen molar-refractivity contribution in [2.24, 2.45) is 0 Å². The standard InChI is InChI=1S/C14H15N3O2/c18-14(19)8-11-3-5-12(6-4-11)9-15-10-13-2-1-7-16-17-13/h1-7,15H,8-10H2,(H,18,19). The normalized spacial score (nSPS) is 10.3. The molecule has 0 aliphatic heterocycles. The van der Waals surface area contributed by atoms with Gasteiger partial charge >= 0.3 is 5.97 Å². The predicted molar refractivity (Wildman–Crippen MR) is 70.4 cm³/mol. The van der Waals surface area contributed by atoms with E-state index in [0.717, 1.165) is 16.8 Å².